The SMILES string of the molecule is CC(C)N(Cc1c(C(=O)O)cnn1C)CC1CC1. The summed E-state index contributed by atoms with van der Waals surface area (Å²) in [4.78, 5) is 13.5. The van der Waals surface area contributed by atoms with Crippen molar-refractivity contribution in [1.82, 2.24) is 14.7 Å². The molecule has 0 amide bonds. The normalized spacial score (nSPS) is 15.6. The highest BCUT2D eigenvalue weighted by atomic mass is 16.4. The summed E-state index contributed by atoms with van der Waals surface area (Å²) in [5, 5.41) is 13.2. The molecule has 0 bridgehead atoms. The van der Waals surface area contributed by atoms with Crippen molar-refractivity contribution in [3.63, 3.8) is 0 Å². The van der Waals surface area contributed by atoms with Crippen LogP contribution in [-0.4, -0.2) is 38.3 Å². The number of carboxylic acids is 1. The van der Waals surface area contributed by atoms with Gasteiger partial charge in [-0.05, 0) is 32.6 Å². The Bertz CT molecular complexity index is 435. The molecule has 1 aromatic rings. The largest absolute Gasteiger partial charge is 0.478 e. The first-order valence-electron chi connectivity index (χ1n) is 6.47. The van der Waals surface area contributed by atoms with Crippen LogP contribution in [0.15, 0.2) is 6.20 Å². The molecule has 0 aliphatic heterocycles. The Morgan fingerprint density at radius 1 is 1.61 bits per heavy atom. The van der Waals surface area contributed by atoms with Crippen LogP contribution in [-0.2, 0) is 13.6 Å². The zero-order chi connectivity index (χ0) is 13.3. The Hall–Kier alpha value is -1.36. The second-order valence-corrected chi connectivity index (χ2v) is 5.40. The predicted octanol–water partition coefficient (Wildman–Crippen LogP) is 1.74. The topological polar surface area (TPSA) is 58.4 Å². The standard InChI is InChI=1S/C13H21N3O2/c1-9(2)16(7-10-4-5-10)8-12-11(13(17)18)6-14-15(12)3/h6,9-10H,4-5,7-8H2,1-3H3,(H,17,18). The Labute approximate surface area is 107 Å². The molecule has 0 aromatic carbocycles. The minimum absolute atomic E-state index is 0.318. The van der Waals surface area contributed by atoms with Crippen molar-refractivity contribution in [2.45, 2.75) is 39.3 Å². The Morgan fingerprint density at radius 3 is 2.78 bits per heavy atom. The molecule has 0 spiro atoms. The Balaban J connectivity index is 2.14. The fourth-order valence-electron chi connectivity index (χ4n) is 2.11. The molecule has 18 heavy (non-hydrogen) atoms. The van der Waals surface area contributed by atoms with Gasteiger partial charge >= 0.3 is 5.97 Å². The minimum atomic E-state index is -0.895. The zero-order valence-corrected chi connectivity index (χ0v) is 11.3. The van der Waals surface area contributed by atoms with Crippen LogP contribution in [0.2, 0.25) is 0 Å². The van der Waals surface area contributed by atoms with Gasteiger partial charge in [0.2, 0.25) is 0 Å². The monoisotopic (exact) mass is 251 g/mol. The average molecular weight is 251 g/mol. The van der Waals surface area contributed by atoms with E-state index in [0.29, 0.717) is 18.2 Å². The van der Waals surface area contributed by atoms with Crippen molar-refractivity contribution >= 4 is 5.97 Å². The fourth-order valence-corrected chi connectivity index (χ4v) is 2.11. The quantitative estimate of drug-likeness (QED) is 0.836. The van der Waals surface area contributed by atoms with E-state index >= 15 is 0 Å². The number of aromatic carboxylic acids is 1. The van der Waals surface area contributed by atoms with Crippen molar-refractivity contribution < 1.29 is 9.90 Å². The third-order valence-electron chi connectivity index (χ3n) is 3.56. The number of rotatable bonds is 6. The maximum Gasteiger partial charge on any atom is 0.339 e. The van der Waals surface area contributed by atoms with Gasteiger partial charge in [0.15, 0.2) is 0 Å². The summed E-state index contributed by atoms with van der Waals surface area (Å²) in [5.74, 6) is -0.0952. The number of nitrogens with zero attached hydrogens (tertiary/aromatic N) is 3. The van der Waals surface area contributed by atoms with E-state index in [-0.39, 0.29) is 0 Å². The molecule has 1 heterocycles. The lowest BCUT2D eigenvalue weighted by Gasteiger charge is -2.26. The molecule has 2 rings (SSSR count). The van der Waals surface area contributed by atoms with E-state index in [2.05, 4.69) is 23.8 Å². The molecule has 0 radical (unpaired) electrons. The molecule has 1 aromatic heterocycles. The van der Waals surface area contributed by atoms with Crippen LogP contribution in [0.25, 0.3) is 0 Å². The zero-order valence-electron chi connectivity index (χ0n) is 11.3. The van der Waals surface area contributed by atoms with Crippen LogP contribution in [0.4, 0.5) is 0 Å². The van der Waals surface area contributed by atoms with Crippen LogP contribution < -0.4 is 0 Å². The van der Waals surface area contributed by atoms with E-state index in [0.717, 1.165) is 18.2 Å². The molecule has 1 fully saturated rings. The first-order chi connectivity index (χ1) is 8.49. The Morgan fingerprint density at radius 2 is 2.28 bits per heavy atom. The molecule has 100 valence electrons. The van der Waals surface area contributed by atoms with Crippen molar-refractivity contribution in [3.8, 4) is 0 Å². The lowest BCUT2D eigenvalue weighted by atomic mass is 10.2. The summed E-state index contributed by atoms with van der Waals surface area (Å²) < 4.78 is 1.67. The highest BCUT2D eigenvalue weighted by molar-refractivity contribution is 5.88. The number of aromatic nitrogens is 2. The van der Waals surface area contributed by atoms with Gasteiger partial charge < -0.3 is 5.11 Å². The summed E-state index contributed by atoms with van der Waals surface area (Å²) in [6.07, 6.45) is 4.05. The molecule has 0 unspecified atom stereocenters. The lowest BCUT2D eigenvalue weighted by Crippen LogP contribution is -2.33. The van der Waals surface area contributed by atoms with Crippen LogP contribution in [0.5, 0.6) is 0 Å². The van der Waals surface area contributed by atoms with Gasteiger partial charge in [-0.1, -0.05) is 0 Å². The Kier molecular flexibility index (Phi) is 3.71. The molecule has 1 aliphatic rings. The average Bonchev–Trinajstić information content (AvgIpc) is 3.02. The molecule has 5 nitrogen and oxygen atoms in total. The van der Waals surface area contributed by atoms with Crippen molar-refractivity contribution in [1.29, 1.82) is 0 Å². The molecular weight excluding hydrogens is 230 g/mol. The number of carboxylic acid groups (broad SMARTS) is 1. The van der Waals surface area contributed by atoms with Gasteiger partial charge in [-0.25, -0.2) is 4.79 Å². The molecule has 0 atom stereocenters. The van der Waals surface area contributed by atoms with Gasteiger partial charge in [-0.3, -0.25) is 9.58 Å². The molecule has 5 heteroatoms. The number of aryl methyl sites for hydroxylation is 1. The summed E-state index contributed by atoms with van der Waals surface area (Å²) in [7, 11) is 1.80. The fraction of sp³-hybridized carbons (Fsp3) is 0.692. The third kappa shape index (κ3) is 2.90. The summed E-state index contributed by atoms with van der Waals surface area (Å²) in [6.45, 7) is 6.02. The van der Waals surface area contributed by atoms with Gasteiger partial charge in [-0.15, -0.1) is 0 Å². The molecule has 1 aliphatic carbocycles. The first-order valence-corrected chi connectivity index (χ1v) is 6.47. The van der Waals surface area contributed by atoms with Crippen molar-refractivity contribution in [2.24, 2.45) is 13.0 Å². The molecular formula is C13H21N3O2. The van der Waals surface area contributed by atoms with E-state index in [4.69, 9.17) is 5.11 Å². The highest BCUT2D eigenvalue weighted by Gasteiger charge is 2.27. The van der Waals surface area contributed by atoms with Crippen LogP contribution in [0, 0.1) is 5.92 Å². The number of hydrogen-bond donors (Lipinski definition) is 1. The lowest BCUT2D eigenvalue weighted by molar-refractivity contribution is 0.0693. The van der Waals surface area contributed by atoms with Crippen LogP contribution >= 0.6 is 0 Å². The summed E-state index contributed by atoms with van der Waals surface area (Å²) in [5.41, 5.74) is 1.11. The van der Waals surface area contributed by atoms with E-state index in [9.17, 15) is 4.79 Å². The molecule has 1 N–H and O–H groups in total. The second-order valence-electron chi connectivity index (χ2n) is 5.40. The first kappa shape index (κ1) is 13.1. The number of carbonyl (C=O) groups is 1. The van der Waals surface area contributed by atoms with E-state index in [1.165, 1.54) is 19.0 Å². The maximum absolute atomic E-state index is 11.1. The van der Waals surface area contributed by atoms with E-state index in [1.54, 1.807) is 11.7 Å². The van der Waals surface area contributed by atoms with Gasteiger partial charge in [-0.2, -0.15) is 5.10 Å². The molecule has 1 saturated carbocycles. The number of hydrogen-bond acceptors (Lipinski definition) is 3. The van der Waals surface area contributed by atoms with Gasteiger partial charge in [0.25, 0.3) is 0 Å². The van der Waals surface area contributed by atoms with Crippen LogP contribution in [0.1, 0.15) is 42.7 Å². The van der Waals surface area contributed by atoms with Crippen molar-refractivity contribution in [2.75, 3.05) is 6.54 Å². The highest BCUT2D eigenvalue weighted by Crippen LogP contribution is 2.31. The molecule has 0 saturated heterocycles. The summed E-state index contributed by atoms with van der Waals surface area (Å²) in [6, 6.07) is 0.419. The van der Waals surface area contributed by atoms with Gasteiger partial charge in [0.1, 0.15) is 5.56 Å². The van der Waals surface area contributed by atoms with E-state index in [1.807, 2.05) is 0 Å². The summed E-state index contributed by atoms with van der Waals surface area (Å²) >= 11 is 0. The van der Waals surface area contributed by atoms with Gasteiger partial charge in [0.05, 0.1) is 11.9 Å². The maximum atomic E-state index is 11.1. The van der Waals surface area contributed by atoms with Crippen molar-refractivity contribution in [3.05, 3.63) is 17.5 Å². The second kappa shape index (κ2) is 5.10. The predicted molar refractivity (Wildman–Crippen MR) is 68.4 cm³/mol. The van der Waals surface area contributed by atoms with Gasteiger partial charge in [0, 0.05) is 26.2 Å². The smallest absolute Gasteiger partial charge is 0.339 e. The third-order valence-corrected chi connectivity index (χ3v) is 3.56. The minimum Gasteiger partial charge on any atom is -0.478 e. The van der Waals surface area contributed by atoms with Crippen LogP contribution in [0.3, 0.4) is 0 Å². The van der Waals surface area contributed by atoms with E-state index < -0.39 is 5.97 Å².